The van der Waals surface area contributed by atoms with Gasteiger partial charge in [-0.3, -0.25) is 4.79 Å². The fourth-order valence-corrected chi connectivity index (χ4v) is 1.96. The van der Waals surface area contributed by atoms with E-state index in [-0.39, 0.29) is 24.8 Å². The van der Waals surface area contributed by atoms with E-state index in [2.05, 4.69) is 4.74 Å². The summed E-state index contributed by atoms with van der Waals surface area (Å²) in [5.74, 6) is 0.412. The van der Waals surface area contributed by atoms with Gasteiger partial charge in [0, 0.05) is 6.04 Å². The van der Waals surface area contributed by atoms with Gasteiger partial charge in [-0.05, 0) is 23.3 Å². The van der Waals surface area contributed by atoms with Gasteiger partial charge in [0.2, 0.25) is 0 Å². The lowest BCUT2D eigenvalue weighted by molar-refractivity contribution is -0.141. The molecule has 0 unspecified atom stereocenters. The van der Waals surface area contributed by atoms with Gasteiger partial charge < -0.3 is 15.2 Å². The van der Waals surface area contributed by atoms with Crippen molar-refractivity contribution in [1.29, 1.82) is 0 Å². The standard InChI is InChI=1S/C17H19NO3.ClH/c1-20-17(19)11-16(18)14-8-5-9-15(10-14)21-12-13-6-3-2-4-7-13;/h2-10,16H,11-12,18H2,1H3;1H/t16-;/m0./s1. The van der Waals surface area contributed by atoms with Gasteiger partial charge in [0.15, 0.2) is 0 Å². The lowest BCUT2D eigenvalue weighted by atomic mass is 10.0. The van der Waals surface area contributed by atoms with Gasteiger partial charge in [-0.15, -0.1) is 12.4 Å². The van der Waals surface area contributed by atoms with Crippen LogP contribution in [-0.4, -0.2) is 13.1 Å². The monoisotopic (exact) mass is 321 g/mol. The van der Waals surface area contributed by atoms with Gasteiger partial charge in [0.1, 0.15) is 12.4 Å². The fraction of sp³-hybridized carbons (Fsp3) is 0.235. The molecule has 0 aromatic heterocycles. The molecule has 0 aliphatic rings. The normalized spacial score (nSPS) is 11.2. The van der Waals surface area contributed by atoms with Crippen LogP contribution in [0.2, 0.25) is 0 Å². The first kappa shape index (κ1) is 18.0. The number of hydrogen-bond donors (Lipinski definition) is 1. The summed E-state index contributed by atoms with van der Waals surface area (Å²) in [5.41, 5.74) is 7.94. The van der Waals surface area contributed by atoms with Crippen LogP contribution in [-0.2, 0) is 16.1 Å². The van der Waals surface area contributed by atoms with Crippen LogP contribution < -0.4 is 10.5 Å². The van der Waals surface area contributed by atoms with E-state index < -0.39 is 6.04 Å². The van der Waals surface area contributed by atoms with Gasteiger partial charge in [0.25, 0.3) is 0 Å². The third-order valence-corrected chi connectivity index (χ3v) is 3.15. The van der Waals surface area contributed by atoms with Crippen molar-refractivity contribution in [2.24, 2.45) is 5.73 Å². The van der Waals surface area contributed by atoms with E-state index in [4.69, 9.17) is 10.5 Å². The fourth-order valence-electron chi connectivity index (χ4n) is 1.96. The van der Waals surface area contributed by atoms with Crippen LogP contribution in [0.5, 0.6) is 5.75 Å². The largest absolute Gasteiger partial charge is 0.489 e. The maximum Gasteiger partial charge on any atom is 0.307 e. The van der Waals surface area contributed by atoms with Gasteiger partial charge in [-0.1, -0.05) is 42.5 Å². The maximum absolute atomic E-state index is 11.3. The molecule has 0 saturated carbocycles. The predicted molar refractivity (Wildman–Crippen MR) is 88.0 cm³/mol. The highest BCUT2D eigenvalue weighted by molar-refractivity contribution is 5.85. The zero-order chi connectivity index (χ0) is 15.1. The number of carbonyl (C=O) groups excluding carboxylic acids is 1. The summed E-state index contributed by atoms with van der Waals surface area (Å²) in [5, 5.41) is 0. The second-order valence-corrected chi connectivity index (χ2v) is 4.73. The number of rotatable bonds is 6. The molecule has 0 spiro atoms. The van der Waals surface area contributed by atoms with E-state index in [1.54, 1.807) is 0 Å². The van der Waals surface area contributed by atoms with Crippen LogP contribution in [0, 0.1) is 0 Å². The van der Waals surface area contributed by atoms with Crippen LogP contribution in [0.15, 0.2) is 54.6 Å². The highest BCUT2D eigenvalue weighted by atomic mass is 35.5. The van der Waals surface area contributed by atoms with E-state index >= 15 is 0 Å². The minimum Gasteiger partial charge on any atom is -0.489 e. The van der Waals surface area contributed by atoms with Crippen LogP contribution in [0.25, 0.3) is 0 Å². The predicted octanol–water partition coefficient (Wildman–Crippen LogP) is 3.25. The molecule has 0 aliphatic heterocycles. The number of benzene rings is 2. The van der Waals surface area contributed by atoms with Crippen molar-refractivity contribution < 1.29 is 14.3 Å². The van der Waals surface area contributed by atoms with Crippen LogP contribution in [0.1, 0.15) is 23.6 Å². The summed E-state index contributed by atoms with van der Waals surface area (Å²) in [6.07, 6.45) is 0.151. The van der Waals surface area contributed by atoms with Crippen molar-refractivity contribution in [2.75, 3.05) is 7.11 Å². The number of halogens is 1. The molecule has 118 valence electrons. The van der Waals surface area contributed by atoms with Crippen LogP contribution in [0.3, 0.4) is 0 Å². The molecule has 5 heteroatoms. The third-order valence-electron chi connectivity index (χ3n) is 3.15. The Morgan fingerprint density at radius 1 is 1.14 bits per heavy atom. The Morgan fingerprint density at radius 3 is 2.55 bits per heavy atom. The molecule has 0 fully saturated rings. The van der Waals surface area contributed by atoms with Gasteiger partial charge in [-0.2, -0.15) is 0 Å². The van der Waals surface area contributed by atoms with E-state index in [1.165, 1.54) is 7.11 Å². The lowest BCUT2D eigenvalue weighted by Crippen LogP contribution is -2.16. The summed E-state index contributed by atoms with van der Waals surface area (Å²) in [6, 6.07) is 17.0. The first-order valence-corrected chi connectivity index (χ1v) is 6.78. The molecule has 22 heavy (non-hydrogen) atoms. The molecule has 0 amide bonds. The number of ether oxygens (including phenoxy) is 2. The Balaban J connectivity index is 0.00000242. The minimum absolute atomic E-state index is 0. The summed E-state index contributed by atoms with van der Waals surface area (Å²) in [7, 11) is 1.36. The molecule has 4 nitrogen and oxygen atoms in total. The number of methoxy groups -OCH3 is 1. The van der Waals surface area contributed by atoms with Crippen molar-refractivity contribution in [3.63, 3.8) is 0 Å². The SMILES string of the molecule is COC(=O)C[C@H](N)c1cccc(OCc2ccccc2)c1.Cl. The summed E-state index contributed by atoms with van der Waals surface area (Å²) in [4.78, 5) is 11.3. The third kappa shape index (κ3) is 5.39. The van der Waals surface area contributed by atoms with Crippen molar-refractivity contribution >= 4 is 18.4 Å². The highest BCUT2D eigenvalue weighted by Gasteiger charge is 2.12. The Labute approximate surface area is 136 Å². The number of carbonyl (C=O) groups is 1. The van der Waals surface area contributed by atoms with E-state index in [9.17, 15) is 4.79 Å². The van der Waals surface area contributed by atoms with Gasteiger partial charge >= 0.3 is 5.97 Å². The van der Waals surface area contributed by atoms with Gasteiger partial charge in [0.05, 0.1) is 13.5 Å². The van der Waals surface area contributed by atoms with Crippen molar-refractivity contribution in [3.8, 4) is 5.75 Å². The molecular weight excluding hydrogens is 302 g/mol. The van der Waals surface area contributed by atoms with Crippen molar-refractivity contribution in [3.05, 3.63) is 65.7 Å². The topological polar surface area (TPSA) is 61.5 Å². The van der Waals surface area contributed by atoms with E-state index in [0.29, 0.717) is 6.61 Å². The molecular formula is C17H20ClNO3. The summed E-state index contributed by atoms with van der Waals surface area (Å²) >= 11 is 0. The minimum atomic E-state index is -0.391. The number of esters is 1. The molecule has 0 saturated heterocycles. The molecule has 2 N–H and O–H groups in total. The highest BCUT2D eigenvalue weighted by Crippen LogP contribution is 2.21. The van der Waals surface area contributed by atoms with Crippen LogP contribution >= 0.6 is 12.4 Å². The smallest absolute Gasteiger partial charge is 0.307 e. The average molecular weight is 322 g/mol. The zero-order valence-electron chi connectivity index (χ0n) is 12.4. The summed E-state index contributed by atoms with van der Waals surface area (Å²) < 4.78 is 10.4. The first-order valence-electron chi connectivity index (χ1n) is 6.78. The molecule has 1 atom stereocenters. The molecule has 0 radical (unpaired) electrons. The zero-order valence-corrected chi connectivity index (χ0v) is 13.2. The molecule has 0 heterocycles. The lowest BCUT2D eigenvalue weighted by Gasteiger charge is -2.13. The van der Waals surface area contributed by atoms with E-state index in [0.717, 1.165) is 16.9 Å². The van der Waals surface area contributed by atoms with Crippen molar-refractivity contribution in [1.82, 2.24) is 0 Å². The van der Waals surface area contributed by atoms with Crippen LogP contribution in [0.4, 0.5) is 0 Å². The van der Waals surface area contributed by atoms with E-state index in [1.807, 2.05) is 54.6 Å². The molecule has 0 bridgehead atoms. The second kappa shape index (κ2) is 9.07. The quantitative estimate of drug-likeness (QED) is 0.830. The Morgan fingerprint density at radius 2 is 1.86 bits per heavy atom. The first-order chi connectivity index (χ1) is 10.2. The Hall–Kier alpha value is -2.04. The van der Waals surface area contributed by atoms with Crippen molar-refractivity contribution in [2.45, 2.75) is 19.1 Å². The second-order valence-electron chi connectivity index (χ2n) is 4.73. The number of hydrogen-bond acceptors (Lipinski definition) is 4. The molecule has 2 rings (SSSR count). The molecule has 2 aromatic carbocycles. The Bertz CT molecular complexity index is 589. The molecule has 2 aromatic rings. The average Bonchev–Trinajstić information content (AvgIpc) is 2.54. The van der Waals surface area contributed by atoms with Gasteiger partial charge in [-0.25, -0.2) is 0 Å². The summed E-state index contributed by atoms with van der Waals surface area (Å²) in [6.45, 7) is 0.497. The molecule has 0 aliphatic carbocycles. The Kier molecular flexibility index (Phi) is 7.43. The number of nitrogens with two attached hydrogens (primary N) is 1. The maximum atomic E-state index is 11.3.